The average molecular weight is 1070 g/mol. The number of nitrogens with two attached hydrogens (primary N) is 2. The number of carbonyl (C=O) groups excluding carboxylic acids is 3. The Morgan fingerprint density at radius 3 is 1.70 bits per heavy atom. The van der Waals surface area contributed by atoms with E-state index in [1.54, 1.807) is 62.8 Å². The number of ketones is 2. The summed E-state index contributed by atoms with van der Waals surface area (Å²) >= 11 is 0. The van der Waals surface area contributed by atoms with E-state index in [0.717, 1.165) is 36.3 Å². The van der Waals surface area contributed by atoms with Crippen molar-refractivity contribution in [2.45, 2.75) is 97.4 Å². The van der Waals surface area contributed by atoms with Crippen LogP contribution in [0.3, 0.4) is 0 Å². The van der Waals surface area contributed by atoms with Gasteiger partial charge in [-0.3, -0.25) is 34.3 Å². The molecule has 0 radical (unpaired) electrons. The van der Waals surface area contributed by atoms with Crippen molar-refractivity contribution in [3.8, 4) is 11.5 Å². The number of epoxide rings is 1. The Morgan fingerprint density at radius 1 is 0.797 bits per heavy atom. The second kappa shape index (κ2) is 22.9. The van der Waals surface area contributed by atoms with E-state index < -0.39 is 96.0 Å². The highest BCUT2D eigenvalue weighted by Gasteiger charge is 2.89. The van der Waals surface area contributed by atoms with E-state index in [-0.39, 0.29) is 35.2 Å². The van der Waals surface area contributed by atoms with Gasteiger partial charge in [0.05, 0.1) is 67.4 Å². The van der Waals surface area contributed by atoms with E-state index in [2.05, 4.69) is 6.92 Å². The number of unbranched alkanes of at least 4 members (excludes halogenated alkanes) is 2. The number of ether oxygens (including phenoxy) is 4. The van der Waals surface area contributed by atoms with Crippen molar-refractivity contribution in [2.24, 2.45) is 39.0 Å². The summed E-state index contributed by atoms with van der Waals surface area (Å²) in [6.07, 6.45) is 10.1. The molecule has 4 aliphatic carbocycles. The van der Waals surface area contributed by atoms with Gasteiger partial charge in [0.15, 0.2) is 11.5 Å². The standard InChI is InChI=1S/C28H32O7.C19H24N4O2.2C2H6O4S/c1-14(29)34-17-12-26(5)16(15-8-10-33-13-15)11-19-28(26,35-19)27(6)21(17)25(4)9-7-18(30)24(2,3)22(25)20(31)23(27)32;20-18(21)14-4-8-16(9-5-14)24-12-2-1-3-13-25-17-10-6-15(7-11-17)19(22)23;2*3-1-2-7(4,5)6/h7-10,13,16-17,19,21,31H,11-12H2,1-6H3;4-11H,1-3,12-13H2,(H3,20,21)(H3,22,23);2*3H,1-2H2,(H,4,5,6). The van der Waals surface area contributed by atoms with Crippen LogP contribution in [0.5, 0.6) is 11.5 Å². The number of rotatable bonds is 16. The van der Waals surface area contributed by atoms with Gasteiger partial charge in [0.1, 0.15) is 34.9 Å². The number of hydrogen-bond acceptors (Lipinski definition) is 17. The molecule has 1 saturated heterocycles. The van der Waals surface area contributed by atoms with Crippen LogP contribution in [-0.2, 0) is 44.1 Å². The van der Waals surface area contributed by atoms with Crippen molar-refractivity contribution >= 4 is 49.4 Å². The maximum atomic E-state index is 14.3. The van der Waals surface area contributed by atoms with E-state index >= 15 is 0 Å². The number of hydrogen-bond donors (Lipinski definition) is 9. The first-order valence-corrected chi connectivity index (χ1v) is 27.0. The molecule has 74 heavy (non-hydrogen) atoms. The number of amidine groups is 2. The number of esters is 1. The number of carbonyl (C=O) groups is 3. The molecule has 2 heterocycles. The van der Waals surface area contributed by atoms with Gasteiger partial charge in [0.25, 0.3) is 20.2 Å². The number of allylic oxidation sites excluding steroid dienone is 4. The number of benzene rings is 2. The van der Waals surface area contributed by atoms with Crippen molar-refractivity contribution in [1.82, 2.24) is 0 Å². The molecule has 11 N–H and O–H groups in total. The predicted molar refractivity (Wildman–Crippen MR) is 271 cm³/mol. The number of aliphatic hydroxyl groups excluding tert-OH is 3. The fourth-order valence-electron chi connectivity index (χ4n) is 11.7. The van der Waals surface area contributed by atoms with Crippen LogP contribution in [0.25, 0.3) is 0 Å². The van der Waals surface area contributed by atoms with Gasteiger partial charge >= 0.3 is 5.97 Å². The molecule has 3 fully saturated rings. The molecule has 0 amide bonds. The molecule has 1 aromatic heterocycles. The van der Waals surface area contributed by atoms with Crippen molar-refractivity contribution in [3.63, 3.8) is 0 Å². The molecule has 1 spiro atoms. The lowest BCUT2D eigenvalue weighted by atomic mass is 9.38. The smallest absolute Gasteiger partial charge is 0.302 e. The highest BCUT2D eigenvalue weighted by molar-refractivity contribution is 7.86. The molecule has 23 heteroatoms. The normalized spacial score (nSPS) is 27.9. The van der Waals surface area contributed by atoms with Crippen molar-refractivity contribution in [2.75, 3.05) is 37.9 Å². The van der Waals surface area contributed by atoms with Gasteiger partial charge in [-0.25, -0.2) is 0 Å². The second-order valence-corrected chi connectivity index (χ2v) is 23.1. The Bertz CT molecular complexity index is 2740. The molecule has 8 atom stereocenters. The first-order valence-electron chi connectivity index (χ1n) is 23.8. The van der Waals surface area contributed by atoms with Crippen molar-refractivity contribution in [3.05, 3.63) is 107 Å². The SMILES string of the molecule is CC(=O)OC1CC2(C)C(c3ccoc3)CC3OC32C2(C)C(=O)C(O)=C3C(C)(C)C(=O)C=CC3(C)C12.N=C(N)c1ccc(OCCCCCOc2ccc(C(=N)N)cc2)cc1.O=S(=O)(O)CCO.O=S(=O)(O)CCO. The average Bonchev–Trinajstić information content (AvgIpc) is 3.67. The molecule has 0 bridgehead atoms. The molecule has 1 aliphatic heterocycles. The van der Waals surface area contributed by atoms with Crippen molar-refractivity contribution < 1.29 is 79.0 Å². The maximum Gasteiger partial charge on any atom is 0.302 e. The van der Waals surface area contributed by atoms with E-state index in [4.69, 9.17) is 65.0 Å². The lowest BCUT2D eigenvalue weighted by molar-refractivity contribution is -0.200. The lowest BCUT2D eigenvalue weighted by Crippen LogP contribution is -2.70. The molecule has 5 aliphatic rings. The zero-order valence-electron chi connectivity index (χ0n) is 42.2. The second-order valence-electron chi connectivity index (χ2n) is 19.9. The largest absolute Gasteiger partial charge is 0.504 e. The summed E-state index contributed by atoms with van der Waals surface area (Å²) in [5, 5.41) is 41.9. The minimum absolute atomic E-state index is 0.0453. The number of nitrogen functional groups attached to an aromatic ring is 2. The third kappa shape index (κ3) is 12.2. The first kappa shape index (κ1) is 58.9. The van der Waals surface area contributed by atoms with Gasteiger partial charge in [-0.05, 0) is 131 Å². The molecule has 406 valence electrons. The fraction of sp³-hybridized carbons (Fsp3) is 0.510. The molecule has 8 unspecified atom stereocenters. The first-order chi connectivity index (χ1) is 34.4. The lowest BCUT2D eigenvalue weighted by Gasteiger charge is -2.64. The highest BCUT2D eigenvalue weighted by atomic mass is 32.2. The highest BCUT2D eigenvalue weighted by Crippen LogP contribution is 2.81. The summed E-state index contributed by atoms with van der Waals surface area (Å²) in [6, 6.07) is 16.4. The van der Waals surface area contributed by atoms with E-state index in [1.165, 1.54) is 6.92 Å². The number of fused-ring (bicyclic) bond motifs is 3. The number of furan rings is 1. The molecular weight excluding hydrogens is 1000 g/mol. The van der Waals surface area contributed by atoms with Crippen molar-refractivity contribution in [1.29, 1.82) is 10.8 Å². The van der Waals surface area contributed by atoms with E-state index in [0.29, 0.717) is 42.8 Å². The number of Topliss-reactive ketones (excluding diaryl/α,β-unsaturated/α-hetero) is 1. The van der Waals surface area contributed by atoms with Gasteiger partial charge in [-0.1, -0.05) is 19.9 Å². The van der Waals surface area contributed by atoms with Gasteiger partial charge < -0.3 is 50.2 Å². The van der Waals surface area contributed by atoms with Crippen LogP contribution in [-0.4, -0.2) is 126 Å². The summed E-state index contributed by atoms with van der Waals surface area (Å²) in [5.41, 5.74) is 9.15. The predicted octanol–water partition coefficient (Wildman–Crippen LogP) is 5.05. The Hall–Kier alpha value is -5.95. The molecule has 21 nitrogen and oxygen atoms in total. The minimum Gasteiger partial charge on any atom is -0.504 e. The molecule has 8 rings (SSSR count). The van der Waals surface area contributed by atoms with Crippen LogP contribution < -0.4 is 20.9 Å². The maximum absolute atomic E-state index is 14.3. The zero-order valence-corrected chi connectivity index (χ0v) is 43.8. The summed E-state index contributed by atoms with van der Waals surface area (Å²) in [6.45, 7) is 11.0. The minimum atomic E-state index is -3.92. The Labute approximate surface area is 430 Å². The zero-order chi connectivity index (χ0) is 55.2. The van der Waals surface area contributed by atoms with E-state index in [1.807, 2.05) is 44.2 Å². The summed E-state index contributed by atoms with van der Waals surface area (Å²) in [5.74, 6) is -1.30. The van der Waals surface area contributed by atoms with Crippen LogP contribution in [0, 0.1) is 38.4 Å². The van der Waals surface area contributed by atoms with Crippen LogP contribution in [0.2, 0.25) is 0 Å². The number of aliphatic hydroxyl groups is 3. The number of nitrogens with one attached hydrogen (secondary N) is 2. The third-order valence-electron chi connectivity index (χ3n) is 14.7. The third-order valence-corrected chi connectivity index (χ3v) is 16.1. The monoisotopic (exact) mass is 1070 g/mol. The van der Waals surface area contributed by atoms with Gasteiger partial charge in [0, 0.05) is 34.8 Å². The topological polar surface area (TPSA) is 374 Å². The van der Waals surface area contributed by atoms with Crippen LogP contribution in [0.1, 0.15) is 96.3 Å². The Kier molecular flexibility index (Phi) is 18.2. The molecule has 2 saturated carbocycles. The quantitative estimate of drug-likeness (QED) is 0.0226. The van der Waals surface area contributed by atoms with E-state index in [9.17, 15) is 36.3 Å². The Balaban J connectivity index is 0.000000226. The van der Waals surface area contributed by atoms with Crippen LogP contribution in [0.15, 0.2) is 95.0 Å². The fourth-order valence-corrected chi connectivity index (χ4v) is 12.1. The summed E-state index contributed by atoms with van der Waals surface area (Å²) in [4.78, 5) is 39.6. The summed E-state index contributed by atoms with van der Waals surface area (Å²) < 4.78 is 83.4. The van der Waals surface area contributed by atoms with Gasteiger partial charge in [-0.2, -0.15) is 16.8 Å². The Morgan fingerprint density at radius 2 is 1.30 bits per heavy atom. The van der Waals surface area contributed by atoms with Crippen LogP contribution in [0.4, 0.5) is 0 Å². The van der Waals surface area contributed by atoms with Crippen LogP contribution >= 0.6 is 0 Å². The molecule has 2 aromatic carbocycles. The van der Waals surface area contributed by atoms with Gasteiger partial charge in [0.2, 0.25) is 5.78 Å². The molecule has 3 aromatic rings. The molecular formula is C51H68N4O17S2. The van der Waals surface area contributed by atoms with Gasteiger partial charge in [-0.15, -0.1) is 0 Å². The summed E-state index contributed by atoms with van der Waals surface area (Å²) in [7, 11) is -7.85.